The number of nitrogens with one attached hydrogen (secondary N) is 2. The fraction of sp³-hybridized carbons (Fsp3) is 0.118. The second-order valence-electron chi connectivity index (χ2n) is 5.30. The highest BCUT2D eigenvalue weighted by Gasteiger charge is 2.09. The second-order valence-corrected chi connectivity index (χ2v) is 6.15. The van der Waals surface area contributed by atoms with E-state index in [1.165, 1.54) is 0 Å². The van der Waals surface area contributed by atoms with Gasteiger partial charge in [-0.1, -0.05) is 27.2 Å². The zero-order valence-electron chi connectivity index (χ0n) is 13.1. The summed E-state index contributed by atoms with van der Waals surface area (Å²) in [5.41, 5.74) is 2.86. The minimum Gasteiger partial charge on any atom is -0.360 e. The molecule has 0 radical (unpaired) electrons. The summed E-state index contributed by atoms with van der Waals surface area (Å²) in [6.07, 6.45) is 1.57. The van der Waals surface area contributed by atoms with E-state index >= 15 is 0 Å². The van der Waals surface area contributed by atoms with Crippen molar-refractivity contribution in [2.24, 2.45) is 0 Å². The van der Waals surface area contributed by atoms with Crippen LogP contribution in [0.5, 0.6) is 0 Å². The summed E-state index contributed by atoms with van der Waals surface area (Å²) in [4.78, 5) is 16.4. The zero-order chi connectivity index (χ0) is 17.1. The molecule has 3 aromatic rings. The molecule has 0 aliphatic rings. The predicted octanol–water partition coefficient (Wildman–Crippen LogP) is 4.44. The highest BCUT2D eigenvalue weighted by molar-refractivity contribution is 9.10. The summed E-state index contributed by atoms with van der Waals surface area (Å²) in [5, 5.41) is 9.71. The van der Waals surface area contributed by atoms with E-state index in [1.54, 1.807) is 24.4 Å². The van der Waals surface area contributed by atoms with Crippen LogP contribution >= 0.6 is 15.9 Å². The topological polar surface area (TPSA) is 80.0 Å². The van der Waals surface area contributed by atoms with Crippen molar-refractivity contribution in [2.75, 3.05) is 10.6 Å². The minimum atomic E-state index is -0.269. The van der Waals surface area contributed by atoms with Crippen molar-refractivity contribution in [2.45, 2.75) is 13.8 Å². The first-order chi connectivity index (χ1) is 11.5. The van der Waals surface area contributed by atoms with Crippen LogP contribution < -0.4 is 10.6 Å². The number of amides is 1. The minimum absolute atomic E-state index is 0.269. The van der Waals surface area contributed by atoms with Crippen LogP contribution in [-0.2, 0) is 0 Å². The molecule has 0 bridgehead atoms. The normalized spacial score (nSPS) is 10.5. The molecule has 1 amide bonds. The Labute approximate surface area is 147 Å². The number of carbonyl (C=O) groups is 1. The van der Waals surface area contributed by atoms with Crippen molar-refractivity contribution < 1.29 is 9.32 Å². The molecule has 0 fully saturated rings. The Bertz CT molecular complexity index is 875. The first kappa shape index (κ1) is 16.2. The van der Waals surface area contributed by atoms with Crippen molar-refractivity contribution in [1.82, 2.24) is 10.1 Å². The van der Waals surface area contributed by atoms with Gasteiger partial charge in [0.15, 0.2) is 5.82 Å². The third kappa shape index (κ3) is 3.80. The van der Waals surface area contributed by atoms with E-state index in [1.807, 2.05) is 32.0 Å². The average Bonchev–Trinajstić information content (AvgIpc) is 2.96. The van der Waals surface area contributed by atoms with Crippen LogP contribution in [0.2, 0.25) is 0 Å². The van der Waals surface area contributed by atoms with Crippen LogP contribution in [0.25, 0.3) is 0 Å². The third-order valence-electron chi connectivity index (χ3n) is 3.33. The number of aromatic nitrogens is 2. The summed E-state index contributed by atoms with van der Waals surface area (Å²) in [6.45, 7) is 3.80. The summed E-state index contributed by atoms with van der Waals surface area (Å²) in [7, 11) is 0. The molecule has 2 N–H and O–H groups in total. The van der Waals surface area contributed by atoms with E-state index in [0.717, 1.165) is 15.7 Å². The molecule has 122 valence electrons. The molecule has 0 atom stereocenters. The molecule has 3 rings (SSSR count). The van der Waals surface area contributed by atoms with E-state index in [4.69, 9.17) is 4.52 Å². The lowest BCUT2D eigenvalue weighted by Gasteiger charge is -2.07. The van der Waals surface area contributed by atoms with E-state index in [-0.39, 0.29) is 5.91 Å². The van der Waals surface area contributed by atoms with Crippen molar-refractivity contribution in [3.63, 3.8) is 0 Å². The number of aryl methyl sites for hydroxylation is 2. The van der Waals surface area contributed by atoms with Crippen molar-refractivity contribution >= 4 is 39.0 Å². The first-order valence-electron chi connectivity index (χ1n) is 7.25. The maximum Gasteiger partial charge on any atom is 0.274 e. The van der Waals surface area contributed by atoms with Crippen molar-refractivity contribution in [3.8, 4) is 0 Å². The third-order valence-corrected chi connectivity index (χ3v) is 4.18. The molecule has 7 heteroatoms. The number of carbonyl (C=O) groups excluding carboxylic acids is 1. The molecular formula is C17H15BrN4O2. The van der Waals surface area contributed by atoms with Gasteiger partial charge in [0.05, 0.1) is 11.9 Å². The summed E-state index contributed by atoms with van der Waals surface area (Å²) in [5.74, 6) is 1.04. The maximum atomic E-state index is 12.2. The Morgan fingerprint density at radius 2 is 1.92 bits per heavy atom. The molecule has 24 heavy (non-hydrogen) atoms. The average molecular weight is 387 g/mol. The Hall–Kier alpha value is -2.67. The molecule has 6 nitrogen and oxygen atoms in total. The van der Waals surface area contributed by atoms with Gasteiger partial charge >= 0.3 is 0 Å². The molecule has 0 spiro atoms. The van der Waals surface area contributed by atoms with Crippen molar-refractivity contribution in [1.29, 1.82) is 0 Å². The van der Waals surface area contributed by atoms with E-state index in [0.29, 0.717) is 23.0 Å². The zero-order valence-corrected chi connectivity index (χ0v) is 14.7. The largest absolute Gasteiger partial charge is 0.360 e. The number of pyridine rings is 1. The molecule has 2 aromatic heterocycles. The number of halogens is 1. The van der Waals surface area contributed by atoms with Gasteiger partial charge in [-0.2, -0.15) is 0 Å². The molecular weight excluding hydrogens is 372 g/mol. The maximum absolute atomic E-state index is 12.2. The smallest absolute Gasteiger partial charge is 0.274 e. The Kier molecular flexibility index (Phi) is 4.61. The molecule has 0 aliphatic heterocycles. The molecule has 1 aromatic carbocycles. The van der Waals surface area contributed by atoms with Crippen LogP contribution in [0.4, 0.5) is 17.2 Å². The second kappa shape index (κ2) is 6.84. The number of nitrogens with zero attached hydrogens (tertiary/aromatic N) is 2. The summed E-state index contributed by atoms with van der Waals surface area (Å²) < 4.78 is 5.92. The number of rotatable bonds is 4. The van der Waals surface area contributed by atoms with Crippen LogP contribution in [0.15, 0.2) is 51.6 Å². The van der Waals surface area contributed by atoms with Gasteiger partial charge in [0.2, 0.25) is 0 Å². The lowest BCUT2D eigenvalue weighted by atomic mass is 10.2. The molecule has 0 saturated heterocycles. The number of benzene rings is 1. The van der Waals surface area contributed by atoms with E-state index in [9.17, 15) is 4.79 Å². The number of anilines is 3. The number of hydrogen-bond acceptors (Lipinski definition) is 5. The van der Waals surface area contributed by atoms with Crippen molar-refractivity contribution in [3.05, 3.63) is 64.1 Å². The van der Waals surface area contributed by atoms with Crippen LogP contribution in [-0.4, -0.2) is 16.0 Å². The van der Waals surface area contributed by atoms with Gasteiger partial charge in [-0.25, -0.2) is 4.98 Å². The van der Waals surface area contributed by atoms with Gasteiger partial charge in [0, 0.05) is 16.2 Å². The predicted molar refractivity (Wildman–Crippen MR) is 95.6 cm³/mol. The van der Waals surface area contributed by atoms with Gasteiger partial charge in [-0.05, 0) is 43.7 Å². The lowest BCUT2D eigenvalue weighted by Crippen LogP contribution is -2.13. The standard InChI is InChI=1S/C17H15BrN4O2/c1-10-3-4-12(8-14(10)18)21-17(23)15-6-5-13(9-19-15)20-16-7-11(2)24-22-16/h3-9H,1-2H3,(H,20,22)(H,21,23). The molecule has 0 unspecified atom stereocenters. The Balaban J connectivity index is 1.68. The quantitative estimate of drug-likeness (QED) is 0.692. The van der Waals surface area contributed by atoms with E-state index < -0.39 is 0 Å². The van der Waals surface area contributed by atoms with Crippen LogP contribution in [0, 0.1) is 13.8 Å². The molecule has 0 aliphatic carbocycles. The highest BCUT2D eigenvalue weighted by atomic mass is 79.9. The van der Waals surface area contributed by atoms with Gasteiger partial charge in [0.1, 0.15) is 11.5 Å². The fourth-order valence-electron chi connectivity index (χ4n) is 2.04. The van der Waals surface area contributed by atoms with Crippen LogP contribution in [0.1, 0.15) is 21.8 Å². The van der Waals surface area contributed by atoms with Gasteiger partial charge in [0.25, 0.3) is 5.91 Å². The monoisotopic (exact) mass is 386 g/mol. The first-order valence-corrected chi connectivity index (χ1v) is 8.04. The number of hydrogen-bond donors (Lipinski definition) is 2. The fourth-order valence-corrected chi connectivity index (χ4v) is 2.42. The summed E-state index contributed by atoms with van der Waals surface area (Å²) >= 11 is 3.45. The van der Waals surface area contributed by atoms with E-state index in [2.05, 4.69) is 36.7 Å². The molecule has 0 saturated carbocycles. The Morgan fingerprint density at radius 1 is 1.12 bits per heavy atom. The van der Waals surface area contributed by atoms with Gasteiger partial charge in [-0.3, -0.25) is 4.79 Å². The van der Waals surface area contributed by atoms with Crippen LogP contribution in [0.3, 0.4) is 0 Å². The SMILES string of the molecule is Cc1cc(Nc2ccc(C(=O)Nc3ccc(C)c(Br)c3)nc2)no1. The lowest BCUT2D eigenvalue weighted by molar-refractivity contribution is 0.102. The summed E-state index contributed by atoms with van der Waals surface area (Å²) in [6, 6.07) is 10.8. The molecule has 2 heterocycles. The van der Waals surface area contributed by atoms with Gasteiger partial charge < -0.3 is 15.2 Å². The Morgan fingerprint density at radius 3 is 2.54 bits per heavy atom. The van der Waals surface area contributed by atoms with Gasteiger partial charge in [-0.15, -0.1) is 0 Å². The highest BCUT2D eigenvalue weighted by Crippen LogP contribution is 2.21.